The van der Waals surface area contributed by atoms with E-state index in [0.29, 0.717) is 46.5 Å². The van der Waals surface area contributed by atoms with Gasteiger partial charge in [-0.25, -0.2) is 9.18 Å². The summed E-state index contributed by atoms with van der Waals surface area (Å²) in [5.74, 6) is 0.839. The highest BCUT2D eigenvalue weighted by Gasteiger charge is 2.31. The highest BCUT2D eigenvalue weighted by Crippen LogP contribution is 2.43. The number of fused-ring (bicyclic) bond motifs is 1. The van der Waals surface area contributed by atoms with Crippen molar-refractivity contribution in [3.05, 3.63) is 131 Å². The van der Waals surface area contributed by atoms with Gasteiger partial charge in [0.1, 0.15) is 47.1 Å². The van der Waals surface area contributed by atoms with Gasteiger partial charge in [0.05, 0.1) is 18.1 Å². The summed E-state index contributed by atoms with van der Waals surface area (Å²) < 4.78 is 36.7. The van der Waals surface area contributed by atoms with E-state index < -0.39 is 11.9 Å². The molecule has 7 nitrogen and oxygen atoms in total. The van der Waals surface area contributed by atoms with Gasteiger partial charge in [-0.05, 0) is 60.0 Å². The smallest absolute Gasteiger partial charge is 0.343 e. The van der Waals surface area contributed by atoms with Crippen LogP contribution >= 0.6 is 0 Å². The minimum atomic E-state index is -0.537. The third kappa shape index (κ3) is 6.37. The molecule has 4 aromatic rings. The summed E-state index contributed by atoms with van der Waals surface area (Å²) >= 11 is 0. The van der Waals surface area contributed by atoms with E-state index in [2.05, 4.69) is 19.9 Å². The first-order chi connectivity index (χ1) is 20.3. The summed E-state index contributed by atoms with van der Waals surface area (Å²) in [7, 11) is 0. The van der Waals surface area contributed by atoms with Crippen LogP contribution in [0, 0.1) is 23.1 Å². The molecular formula is C34H29FN2O5. The minimum Gasteiger partial charge on any atom is -0.493 e. The predicted octanol–water partition coefficient (Wildman–Crippen LogP) is 6.88. The number of esters is 1. The number of nitriles is 1. The summed E-state index contributed by atoms with van der Waals surface area (Å²) in [5, 5.41) is 9.88. The largest absolute Gasteiger partial charge is 0.493 e. The van der Waals surface area contributed by atoms with Gasteiger partial charge in [0, 0.05) is 17.2 Å². The van der Waals surface area contributed by atoms with E-state index in [9.17, 15) is 14.4 Å². The van der Waals surface area contributed by atoms with Crippen LogP contribution in [-0.4, -0.2) is 12.6 Å². The number of nitrogens with zero attached hydrogens (tertiary/aromatic N) is 1. The number of benzene rings is 4. The van der Waals surface area contributed by atoms with E-state index in [1.165, 1.54) is 6.07 Å². The Labute approximate surface area is 243 Å². The number of hydrogen-bond acceptors (Lipinski definition) is 7. The van der Waals surface area contributed by atoms with Crippen molar-refractivity contribution in [3.63, 3.8) is 0 Å². The SMILES string of the molecule is CC(C)COc1ccc(C(=O)Oc2ccc3c(c2)OC(N)=C(C#N)C3c2ccc(OCc3ccccc3F)cc2)cc1. The molecule has 42 heavy (non-hydrogen) atoms. The lowest BCUT2D eigenvalue weighted by atomic mass is 9.83. The molecule has 0 spiro atoms. The van der Waals surface area contributed by atoms with Crippen molar-refractivity contribution in [2.24, 2.45) is 11.7 Å². The maximum atomic E-state index is 13.9. The van der Waals surface area contributed by atoms with E-state index in [1.807, 2.05) is 12.1 Å². The van der Waals surface area contributed by atoms with Gasteiger partial charge in [-0.2, -0.15) is 5.26 Å². The second-order valence-electron chi connectivity index (χ2n) is 10.2. The fourth-order valence-corrected chi connectivity index (χ4v) is 4.49. The quantitative estimate of drug-likeness (QED) is 0.175. The standard InChI is InChI=1S/C34H29FN2O5/c1-21(2)19-39-25-13-9-23(10-14-25)34(38)41-27-15-16-28-31(17-27)42-33(37)29(18-36)32(28)22-7-11-26(12-8-22)40-20-24-5-3-4-6-30(24)35/h3-17,21,32H,19-20,37H2,1-2H3. The molecule has 1 aliphatic heterocycles. The molecule has 1 atom stereocenters. The summed E-state index contributed by atoms with van der Waals surface area (Å²) in [5.41, 5.74) is 8.68. The van der Waals surface area contributed by atoms with Gasteiger partial charge >= 0.3 is 5.97 Å². The number of rotatable bonds is 9. The Morgan fingerprint density at radius 3 is 2.31 bits per heavy atom. The highest BCUT2D eigenvalue weighted by atomic mass is 19.1. The maximum absolute atomic E-state index is 13.9. The second kappa shape index (κ2) is 12.5. The van der Waals surface area contributed by atoms with Crippen molar-refractivity contribution >= 4 is 5.97 Å². The lowest BCUT2D eigenvalue weighted by Gasteiger charge is -2.26. The molecule has 0 fully saturated rings. The van der Waals surface area contributed by atoms with Crippen LogP contribution < -0.4 is 24.7 Å². The zero-order valence-electron chi connectivity index (χ0n) is 23.2. The van der Waals surface area contributed by atoms with E-state index >= 15 is 0 Å². The van der Waals surface area contributed by atoms with Crippen molar-refractivity contribution in [2.45, 2.75) is 26.4 Å². The van der Waals surface area contributed by atoms with E-state index in [-0.39, 0.29) is 29.6 Å². The summed E-state index contributed by atoms with van der Waals surface area (Å²) in [6.07, 6.45) is 0. The third-order valence-electron chi connectivity index (χ3n) is 6.64. The van der Waals surface area contributed by atoms with E-state index in [4.69, 9.17) is 24.7 Å². The predicted molar refractivity (Wildman–Crippen MR) is 155 cm³/mol. The van der Waals surface area contributed by atoms with Gasteiger partial charge in [-0.3, -0.25) is 0 Å². The van der Waals surface area contributed by atoms with Gasteiger partial charge < -0.3 is 24.7 Å². The molecule has 1 unspecified atom stereocenters. The first-order valence-electron chi connectivity index (χ1n) is 13.4. The molecule has 0 radical (unpaired) electrons. The monoisotopic (exact) mass is 564 g/mol. The van der Waals surface area contributed by atoms with Crippen LogP contribution in [0.4, 0.5) is 4.39 Å². The fraction of sp³-hybridized carbons (Fsp3) is 0.176. The Bertz CT molecular complexity index is 1660. The van der Waals surface area contributed by atoms with Crippen molar-refractivity contribution < 1.29 is 28.1 Å². The number of carbonyl (C=O) groups is 1. The Morgan fingerprint density at radius 1 is 0.952 bits per heavy atom. The number of halogens is 1. The summed E-state index contributed by atoms with van der Waals surface area (Å²) in [6, 6.07) is 27.5. The molecule has 212 valence electrons. The Morgan fingerprint density at radius 2 is 1.62 bits per heavy atom. The number of allylic oxidation sites excluding steroid dienone is 1. The van der Waals surface area contributed by atoms with Gasteiger partial charge in [0.15, 0.2) is 0 Å². The highest BCUT2D eigenvalue weighted by molar-refractivity contribution is 5.91. The summed E-state index contributed by atoms with van der Waals surface area (Å²) in [6.45, 7) is 4.78. The van der Waals surface area contributed by atoms with Crippen molar-refractivity contribution in [1.29, 1.82) is 5.26 Å². The van der Waals surface area contributed by atoms with Gasteiger partial charge in [0.25, 0.3) is 0 Å². The van der Waals surface area contributed by atoms with Crippen LogP contribution in [0.2, 0.25) is 0 Å². The van der Waals surface area contributed by atoms with E-state index in [0.717, 1.165) is 5.56 Å². The molecule has 0 bridgehead atoms. The Kier molecular flexibility index (Phi) is 8.39. The van der Waals surface area contributed by atoms with Crippen molar-refractivity contribution in [3.8, 4) is 29.1 Å². The molecule has 0 aromatic heterocycles. The lowest BCUT2D eigenvalue weighted by Crippen LogP contribution is -2.21. The average Bonchev–Trinajstić information content (AvgIpc) is 2.99. The van der Waals surface area contributed by atoms with Crippen LogP contribution in [-0.2, 0) is 6.61 Å². The number of hydrogen-bond donors (Lipinski definition) is 1. The van der Waals surface area contributed by atoms with Crippen LogP contribution in [0.15, 0.2) is 102 Å². The van der Waals surface area contributed by atoms with Gasteiger partial charge in [-0.15, -0.1) is 0 Å². The zero-order valence-corrected chi connectivity index (χ0v) is 23.2. The molecule has 0 saturated heterocycles. The second-order valence-corrected chi connectivity index (χ2v) is 10.2. The molecule has 0 aliphatic carbocycles. The van der Waals surface area contributed by atoms with Gasteiger partial charge in [-0.1, -0.05) is 50.2 Å². The number of nitrogens with two attached hydrogens (primary N) is 1. The van der Waals surface area contributed by atoms with Gasteiger partial charge in [0.2, 0.25) is 5.88 Å². The average molecular weight is 565 g/mol. The summed E-state index contributed by atoms with van der Waals surface area (Å²) in [4.78, 5) is 12.8. The first kappa shape index (κ1) is 28.2. The number of ether oxygens (including phenoxy) is 4. The first-order valence-corrected chi connectivity index (χ1v) is 13.4. The maximum Gasteiger partial charge on any atom is 0.343 e. The molecule has 1 heterocycles. The Balaban J connectivity index is 1.32. The normalized spacial score (nSPS) is 14.0. The van der Waals surface area contributed by atoms with Crippen LogP contribution in [0.1, 0.15) is 46.8 Å². The molecule has 8 heteroatoms. The molecule has 1 aliphatic rings. The molecular weight excluding hydrogens is 535 g/mol. The minimum absolute atomic E-state index is 0.0321. The molecule has 0 saturated carbocycles. The zero-order chi connectivity index (χ0) is 29.6. The van der Waals surface area contributed by atoms with Crippen LogP contribution in [0.5, 0.6) is 23.0 Å². The third-order valence-corrected chi connectivity index (χ3v) is 6.64. The number of carbonyl (C=O) groups excluding carboxylic acids is 1. The van der Waals surface area contributed by atoms with Crippen LogP contribution in [0.3, 0.4) is 0 Å². The molecule has 2 N–H and O–H groups in total. The van der Waals surface area contributed by atoms with Crippen molar-refractivity contribution in [1.82, 2.24) is 0 Å². The van der Waals surface area contributed by atoms with Crippen molar-refractivity contribution in [2.75, 3.05) is 6.61 Å². The molecule has 5 rings (SSSR count). The molecule has 4 aromatic carbocycles. The lowest BCUT2D eigenvalue weighted by molar-refractivity contribution is 0.0734. The topological polar surface area (TPSA) is 104 Å². The van der Waals surface area contributed by atoms with Crippen LogP contribution in [0.25, 0.3) is 0 Å². The fourth-order valence-electron chi connectivity index (χ4n) is 4.49. The van der Waals surface area contributed by atoms with E-state index in [1.54, 1.807) is 72.8 Å². The Hall–Kier alpha value is -5.29. The molecule has 0 amide bonds.